The number of hydrogen-bond donors (Lipinski definition) is 1. The van der Waals surface area contributed by atoms with Gasteiger partial charge in [0.25, 0.3) is 0 Å². The van der Waals surface area contributed by atoms with Gasteiger partial charge in [0.15, 0.2) is 0 Å². The van der Waals surface area contributed by atoms with Crippen LogP contribution in [0.1, 0.15) is 24.9 Å². The fraction of sp³-hybridized carbons (Fsp3) is 0.571. The number of methoxy groups -OCH3 is 1. The third kappa shape index (κ3) is 2.99. The molecule has 17 heavy (non-hydrogen) atoms. The highest BCUT2D eigenvalue weighted by atomic mass is 16.5. The summed E-state index contributed by atoms with van der Waals surface area (Å²) in [5.74, 6) is 2.26. The van der Waals surface area contributed by atoms with Crippen LogP contribution in [-0.2, 0) is 4.74 Å². The van der Waals surface area contributed by atoms with Gasteiger partial charge in [-0.3, -0.25) is 0 Å². The molecule has 0 spiro atoms. The highest BCUT2D eigenvalue weighted by Crippen LogP contribution is 2.47. The van der Waals surface area contributed by atoms with Crippen LogP contribution >= 0.6 is 0 Å². The Bertz CT molecular complexity index is 367. The van der Waals surface area contributed by atoms with E-state index < -0.39 is 0 Å². The van der Waals surface area contributed by atoms with Crippen molar-refractivity contribution in [3.8, 4) is 5.75 Å². The highest BCUT2D eigenvalue weighted by molar-refractivity contribution is 5.36. The van der Waals surface area contributed by atoms with Crippen LogP contribution in [0.25, 0.3) is 0 Å². The van der Waals surface area contributed by atoms with E-state index in [4.69, 9.17) is 15.2 Å². The number of para-hydroxylation sites is 1. The normalized spacial score (nSPS) is 24.4. The van der Waals surface area contributed by atoms with E-state index in [1.165, 1.54) is 6.42 Å². The number of ether oxygens (including phenoxy) is 2. The summed E-state index contributed by atoms with van der Waals surface area (Å²) in [4.78, 5) is 0. The maximum absolute atomic E-state index is 6.28. The number of nitrogens with two attached hydrogens (primary N) is 1. The minimum atomic E-state index is 0.101. The first-order chi connectivity index (χ1) is 8.24. The molecular weight excluding hydrogens is 214 g/mol. The topological polar surface area (TPSA) is 44.5 Å². The largest absolute Gasteiger partial charge is 0.491 e. The lowest BCUT2D eigenvalue weighted by Crippen LogP contribution is -2.15. The molecule has 1 aromatic rings. The first kappa shape index (κ1) is 12.4. The number of hydrogen-bond acceptors (Lipinski definition) is 3. The predicted molar refractivity (Wildman–Crippen MR) is 68.0 cm³/mol. The smallest absolute Gasteiger partial charge is 0.124 e. The van der Waals surface area contributed by atoms with Crippen molar-refractivity contribution < 1.29 is 9.47 Å². The van der Waals surface area contributed by atoms with Gasteiger partial charge in [-0.2, -0.15) is 0 Å². The molecule has 3 atom stereocenters. The average Bonchev–Trinajstić information content (AvgIpc) is 3.07. The van der Waals surface area contributed by atoms with E-state index in [1.807, 2.05) is 18.2 Å². The Morgan fingerprint density at radius 3 is 2.71 bits per heavy atom. The number of rotatable bonds is 6. The van der Waals surface area contributed by atoms with Gasteiger partial charge in [-0.15, -0.1) is 0 Å². The molecule has 94 valence electrons. The van der Waals surface area contributed by atoms with Crippen molar-refractivity contribution >= 4 is 0 Å². The SMILES string of the molecule is COCCOc1ccccc1C(N)C1CC1C. The van der Waals surface area contributed by atoms with Crippen molar-refractivity contribution in [3.63, 3.8) is 0 Å². The van der Waals surface area contributed by atoms with E-state index in [0.29, 0.717) is 19.1 Å². The Morgan fingerprint density at radius 2 is 2.06 bits per heavy atom. The molecule has 1 aromatic carbocycles. The molecule has 3 unspecified atom stereocenters. The Morgan fingerprint density at radius 1 is 1.35 bits per heavy atom. The molecule has 1 saturated carbocycles. The fourth-order valence-electron chi connectivity index (χ4n) is 2.20. The van der Waals surface area contributed by atoms with Gasteiger partial charge >= 0.3 is 0 Å². The van der Waals surface area contributed by atoms with Crippen LogP contribution < -0.4 is 10.5 Å². The molecule has 0 heterocycles. The van der Waals surface area contributed by atoms with Gasteiger partial charge in [0.1, 0.15) is 12.4 Å². The lowest BCUT2D eigenvalue weighted by Gasteiger charge is -2.16. The van der Waals surface area contributed by atoms with E-state index in [-0.39, 0.29) is 6.04 Å². The maximum Gasteiger partial charge on any atom is 0.124 e. The van der Waals surface area contributed by atoms with Crippen LogP contribution in [0, 0.1) is 11.8 Å². The van der Waals surface area contributed by atoms with Gasteiger partial charge in [0.05, 0.1) is 6.61 Å². The minimum Gasteiger partial charge on any atom is -0.491 e. The summed E-state index contributed by atoms with van der Waals surface area (Å²) in [5.41, 5.74) is 7.41. The molecule has 1 aliphatic carbocycles. The summed E-state index contributed by atoms with van der Waals surface area (Å²) in [6.07, 6.45) is 1.23. The summed E-state index contributed by atoms with van der Waals surface area (Å²) in [7, 11) is 1.67. The van der Waals surface area contributed by atoms with E-state index in [2.05, 4.69) is 13.0 Å². The molecule has 0 radical (unpaired) electrons. The van der Waals surface area contributed by atoms with Crippen molar-refractivity contribution in [2.45, 2.75) is 19.4 Å². The third-order valence-corrected chi connectivity index (χ3v) is 3.46. The van der Waals surface area contributed by atoms with Gasteiger partial charge in [0, 0.05) is 18.7 Å². The minimum absolute atomic E-state index is 0.101. The predicted octanol–water partition coefficient (Wildman–Crippen LogP) is 2.37. The van der Waals surface area contributed by atoms with E-state index in [0.717, 1.165) is 17.2 Å². The van der Waals surface area contributed by atoms with Crippen molar-refractivity contribution in [1.29, 1.82) is 0 Å². The summed E-state index contributed by atoms with van der Waals surface area (Å²) < 4.78 is 10.7. The molecule has 0 aliphatic heterocycles. The molecule has 2 N–H and O–H groups in total. The van der Waals surface area contributed by atoms with Crippen molar-refractivity contribution in [1.82, 2.24) is 0 Å². The van der Waals surface area contributed by atoms with Crippen LogP contribution in [0.2, 0.25) is 0 Å². The van der Waals surface area contributed by atoms with E-state index in [9.17, 15) is 0 Å². The second-order valence-corrected chi connectivity index (χ2v) is 4.78. The Hall–Kier alpha value is -1.06. The van der Waals surface area contributed by atoms with Gasteiger partial charge in [-0.1, -0.05) is 25.1 Å². The second-order valence-electron chi connectivity index (χ2n) is 4.78. The number of benzene rings is 1. The molecule has 0 amide bonds. The zero-order chi connectivity index (χ0) is 12.3. The zero-order valence-electron chi connectivity index (χ0n) is 10.6. The molecule has 1 aliphatic rings. The van der Waals surface area contributed by atoms with Gasteiger partial charge in [-0.25, -0.2) is 0 Å². The van der Waals surface area contributed by atoms with Crippen LogP contribution in [0.3, 0.4) is 0 Å². The molecule has 1 fully saturated rings. The van der Waals surface area contributed by atoms with Crippen molar-refractivity contribution in [3.05, 3.63) is 29.8 Å². The zero-order valence-corrected chi connectivity index (χ0v) is 10.6. The maximum atomic E-state index is 6.28. The Balaban J connectivity index is 2.04. The molecule has 0 saturated heterocycles. The molecule has 3 heteroatoms. The monoisotopic (exact) mass is 235 g/mol. The van der Waals surface area contributed by atoms with Crippen LogP contribution in [0.15, 0.2) is 24.3 Å². The average molecular weight is 235 g/mol. The third-order valence-electron chi connectivity index (χ3n) is 3.46. The van der Waals surface area contributed by atoms with E-state index >= 15 is 0 Å². The standard InChI is InChI=1S/C14H21NO2/c1-10-9-12(10)14(15)11-5-3-4-6-13(11)17-8-7-16-2/h3-6,10,12,14H,7-9,15H2,1-2H3. The van der Waals surface area contributed by atoms with Crippen LogP contribution in [0.5, 0.6) is 5.75 Å². The first-order valence-electron chi connectivity index (χ1n) is 6.20. The lowest BCUT2D eigenvalue weighted by molar-refractivity contribution is 0.145. The molecule has 2 rings (SSSR count). The Labute approximate surface area is 103 Å². The van der Waals surface area contributed by atoms with Crippen molar-refractivity contribution in [2.75, 3.05) is 20.3 Å². The highest BCUT2D eigenvalue weighted by Gasteiger charge is 2.39. The molecular formula is C14H21NO2. The summed E-state index contributed by atoms with van der Waals surface area (Å²) in [5, 5.41) is 0. The van der Waals surface area contributed by atoms with Gasteiger partial charge in [0.2, 0.25) is 0 Å². The van der Waals surface area contributed by atoms with Crippen LogP contribution in [-0.4, -0.2) is 20.3 Å². The summed E-state index contributed by atoms with van der Waals surface area (Å²) in [6.45, 7) is 3.42. The first-order valence-corrected chi connectivity index (χ1v) is 6.20. The second kappa shape index (κ2) is 5.52. The molecule has 3 nitrogen and oxygen atoms in total. The van der Waals surface area contributed by atoms with E-state index in [1.54, 1.807) is 7.11 Å². The van der Waals surface area contributed by atoms with Gasteiger partial charge in [-0.05, 0) is 24.3 Å². The van der Waals surface area contributed by atoms with Crippen molar-refractivity contribution in [2.24, 2.45) is 17.6 Å². The molecule has 0 aromatic heterocycles. The molecule has 0 bridgehead atoms. The fourth-order valence-corrected chi connectivity index (χ4v) is 2.20. The lowest BCUT2D eigenvalue weighted by atomic mass is 10.0. The Kier molecular flexibility index (Phi) is 4.02. The van der Waals surface area contributed by atoms with Crippen LogP contribution in [0.4, 0.5) is 0 Å². The quantitative estimate of drug-likeness (QED) is 0.770. The van der Waals surface area contributed by atoms with Gasteiger partial charge < -0.3 is 15.2 Å². The summed E-state index contributed by atoms with van der Waals surface area (Å²) >= 11 is 0. The summed E-state index contributed by atoms with van der Waals surface area (Å²) in [6, 6.07) is 8.15.